The maximum absolute atomic E-state index is 11.4. The quantitative estimate of drug-likeness (QED) is 0.920. The van der Waals surface area contributed by atoms with E-state index >= 15 is 0 Å². The van der Waals surface area contributed by atoms with Crippen molar-refractivity contribution < 1.29 is 8.42 Å². The van der Waals surface area contributed by atoms with E-state index in [1.54, 1.807) is 35.6 Å². The Balaban J connectivity index is 2.10. The molecule has 0 aliphatic heterocycles. The molecular weight excluding hydrogens is 292 g/mol. The molecule has 0 radical (unpaired) electrons. The van der Waals surface area contributed by atoms with Crippen LogP contribution in [-0.2, 0) is 16.3 Å². The van der Waals surface area contributed by atoms with Crippen molar-refractivity contribution in [2.24, 2.45) is 0 Å². The number of aromatic nitrogens is 1. The van der Waals surface area contributed by atoms with E-state index in [1.807, 2.05) is 13.1 Å². The molecule has 0 saturated heterocycles. The van der Waals surface area contributed by atoms with Gasteiger partial charge in [-0.3, -0.25) is 0 Å². The van der Waals surface area contributed by atoms with Gasteiger partial charge in [0.1, 0.15) is 5.01 Å². The minimum absolute atomic E-state index is 0.101. The third-order valence-corrected chi connectivity index (χ3v) is 5.41. The first-order valence-electron chi connectivity index (χ1n) is 6.41. The molecule has 1 aromatic heterocycles. The van der Waals surface area contributed by atoms with Crippen LogP contribution in [0.25, 0.3) is 0 Å². The molecule has 2 rings (SSSR count). The minimum atomic E-state index is -3.14. The molecule has 0 aliphatic carbocycles. The zero-order valence-electron chi connectivity index (χ0n) is 11.8. The molecule has 1 N–H and O–H groups in total. The summed E-state index contributed by atoms with van der Waals surface area (Å²) in [6.07, 6.45) is 4.11. The smallest absolute Gasteiger partial charge is 0.175 e. The van der Waals surface area contributed by atoms with Gasteiger partial charge in [-0.15, -0.1) is 11.3 Å². The zero-order valence-corrected chi connectivity index (χ0v) is 13.4. The van der Waals surface area contributed by atoms with Crippen LogP contribution in [0.3, 0.4) is 0 Å². The molecule has 2 aromatic rings. The van der Waals surface area contributed by atoms with Gasteiger partial charge >= 0.3 is 0 Å². The fraction of sp³-hybridized carbons (Fsp3) is 0.357. The van der Waals surface area contributed by atoms with Gasteiger partial charge in [0.05, 0.1) is 10.9 Å². The fourth-order valence-corrected chi connectivity index (χ4v) is 3.29. The molecule has 4 nitrogen and oxygen atoms in total. The molecule has 6 heteroatoms. The fourth-order valence-electron chi connectivity index (χ4n) is 1.80. The molecule has 1 aromatic carbocycles. The van der Waals surface area contributed by atoms with Gasteiger partial charge in [-0.05, 0) is 37.6 Å². The van der Waals surface area contributed by atoms with E-state index in [0.29, 0.717) is 4.90 Å². The van der Waals surface area contributed by atoms with E-state index in [2.05, 4.69) is 17.2 Å². The monoisotopic (exact) mass is 310 g/mol. The molecule has 0 saturated carbocycles. The van der Waals surface area contributed by atoms with Crippen LogP contribution in [-0.4, -0.2) is 19.7 Å². The molecule has 0 spiro atoms. The maximum atomic E-state index is 11.4. The molecule has 20 heavy (non-hydrogen) atoms. The Bertz CT molecular complexity index is 675. The molecule has 1 atom stereocenters. The summed E-state index contributed by atoms with van der Waals surface area (Å²) in [5, 5.41) is 4.36. The summed E-state index contributed by atoms with van der Waals surface area (Å²) in [6.45, 7) is 4.15. The van der Waals surface area contributed by atoms with Crippen LogP contribution in [0.5, 0.6) is 0 Å². The van der Waals surface area contributed by atoms with Gasteiger partial charge in [0.25, 0.3) is 0 Å². The first kappa shape index (κ1) is 15.0. The Morgan fingerprint density at radius 1 is 1.30 bits per heavy atom. The number of anilines is 1. The minimum Gasteiger partial charge on any atom is -0.376 e. The number of hydrogen-bond acceptors (Lipinski definition) is 5. The third-order valence-electron chi connectivity index (χ3n) is 2.96. The van der Waals surface area contributed by atoms with Gasteiger partial charge in [-0.25, -0.2) is 13.4 Å². The number of benzene rings is 1. The van der Waals surface area contributed by atoms with Crippen LogP contribution in [0.15, 0.2) is 35.4 Å². The topological polar surface area (TPSA) is 59.1 Å². The van der Waals surface area contributed by atoms with Crippen LogP contribution in [0.4, 0.5) is 5.69 Å². The van der Waals surface area contributed by atoms with Crippen molar-refractivity contribution in [2.75, 3.05) is 11.6 Å². The Hall–Kier alpha value is -1.40. The third kappa shape index (κ3) is 3.58. The number of hydrogen-bond donors (Lipinski definition) is 1. The first-order valence-corrected chi connectivity index (χ1v) is 9.12. The van der Waals surface area contributed by atoms with Crippen molar-refractivity contribution in [3.63, 3.8) is 0 Å². The average Bonchev–Trinajstić information content (AvgIpc) is 2.87. The zero-order chi connectivity index (χ0) is 14.8. The molecule has 0 aliphatic rings. The number of aryl methyl sites for hydroxylation is 1. The predicted octanol–water partition coefficient (Wildman–Crippen LogP) is 3.28. The number of nitrogens with one attached hydrogen (secondary N) is 1. The highest BCUT2D eigenvalue weighted by molar-refractivity contribution is 7.90. The lowest BCUT2D eigenvalue weighted by molar-refractivity contribution is 0.602. The second-order valence-corrected chi connectivity index (χ2v) is 7.84. The van der Waals surface area contributed by atoms with Gasteiger partial charge < -0.3 is 5.32 Å². The van der Waals surface area contributed by atoms with Crippen LogP contribution in [0.2, 0.25) is 0 Å². The standard InChI is InChI=1S/C14H18N2O2S2/c1-4-12-9-15-14(19-12)10(2)16-11-5-7-13(8-6-11)20(3,17)18/h5-10,16H,4H2,1-3H3. The highest BCUT2D eigenvalue weighted by atomic mass is 32.2. The van der Waals surface area contributed by atoms with Gasteiger partial charge in [0, 0.05) is 23.0 Å². The Kier molecular flexibility index (Phi) is 4.45. The summed E-state index contributed by atoms with van der Waals surface area (Å²) in [7, 11) is -3.14. The second-order valence-electron chi connectivity index (χ2n) is 4.68. The summed E-state index contributed by atoms with van der Waals surface area (Å²) in [5.41, 5.74) is 0.887. The van der Waals surface area contributed by atoms with Crippen molar-refractivity contribution in [1.82, 2.24) is 4.98 Å². The van der Waals surface area contributed by atoms with Crippen LogP contribution in [0.1, 0.15) is 29.8 Å². The molecule has 0 fully saturated rings. The van der Waals surface area contributed by atoms with Crippen molar-refractivity contribution in [3.8, 4) is 0 Å². The summed E-state index contributed by atoms with van der Waals surface area (Å²) in [6, 6.07) is 6.89. The second kappa shape index (κ2) is 5.93. The SMILES string of the molecule is CCc1cnc(C(C)Nc2ccc(S(C)(=O)=O)cc2)s1. The van der Waals surface area contributed by atoms with E-state index in [0.717, 1.165) is 17.1 Å². The molecule has 0 amide bonds. The highest BCUT2D eigenvalue weighted by Crippen LogP contribution is 2.24. The Morgan fingerprint density at radius 2 is 1.95 bits per heavy atom. The number of thiazole rings is 1. The number of sulfone groups is 1. The highest BCUT2D eigenvalue weighted by Gasteiger charge is 2.11. The van der Waals surface area contributed by atoms with E-state index in [1.165, 1.54) is 11.1 Å². The van der Waals surface area contributed by atoms with E-state index in [-0.39, 0.29) is 6.04 Å². The summed E-state index contributed by atoms with van der Waals surface area (Å²) in [4.78, 5) is 6.00. The van der Waals surface area contributed by atoms with E-state index in [4.69, 9.17) is 0 Å². The largest absolute Gasteiger partial charge is 0.376 e. The number of rotatable bonds is 5. The van der Waals surface area contributed by atoms with Crippen molar-refractivity contribution in [3.05, 3.63) is 40.3 Å². The summed E-state index contributed by atoms with van der Waals surface area (Å²) in [5.74, 6) is 0. The van der Waals surface area contributed by atoms with Gasteiger partial charge in [-0.1, -0.05) is 6.92 Å². The predicted molar refractivity (Wildman–Crippen MR) is 83.1 cm³/mol. The Morgan fingerprint density at radius 3 is 2.45 bits per heavy atom. The Labute approximate surface area is 123 Å². The number of nitrogens with zero attached hydrogens (tertiary/aromatic N) is 1. The van der Waals surface area contributed by atoms with Crippen molar-refractivity contribution in [1.29, 1.82) is 0 Å². The lowest BCUT2D eigenvalue weighted by atomic mass is 10.3. The molecular formula is C14H18N2O2S2. The van der Waals surface area contributed by atoms with Gasteiger partial charge in [0.2, 0.25) is 0 Å². The van der Waals surface area contributed by atoms with Gasteiger partial charge in [-0.2, -0.15) is 0 Å². The summed E-state index contributed by atoms with van der Waals surface area (Å²) >= 11 is 1.70. The lowest BCUT2D eigenvalue weighted by Gasteiger charge is -2.13. The maximum Gasteiger partial charge on any atom is 0.175 e. The van der Waals surface area contributed by atoms with E-state index < -0.39 is 9.84 Å². The molecule has 1 heterocycles. The van der Waals surface area contributed by atoms with Crippen LogP contribution >= 0.6 is 11.3 Å². The van der Waals surface area contributed by atoms with Crippen molar-refractivity contribution in [2.45, 2.75) is 31.2 Å². The van der Waals surface area contributed by atoms with E-state index in [9.17, 15) is 8.42 Å². The molecule has 0 bridgehead atoms. The van der Waals surface area contributed by atoms with Crippen LogP contribution in [0, 0.1) is 0 Å². The first-order chi connectivity index (χ1) is 9.40. The molecule has 1 unspecified atom stereocenters. The van der Waals surface area contributed by atoms with Gasteiger partial charge in [0.15, 0.2) is 9.84 Å². The summed E-state index contributed by atoms with van der Waals surface area (Å²) < 4.78 is 22.8. The lowest BCUT2D eigenvalue weighted by Crippen LogP contribution is -2.06. The molecule has 108 valence electrons. The normalized spacial score (nSPS) is 13.2. The average molecular weight is 310 g/mol. The van der Waals surface area contributed by atoms with Crippen LogP contribution < -0.4 is 5.32 Å². The van der Waals surface area contributed by atoms with Crippen molar-refractivity contribution >= 4 is 26.9 Å².